The van der Waals surface area contributed by atoms with Gasteiger partial charge in [-0.25, -0.2) is 9.97 Å². The van der Waals surface area contributed by atoms with Crippen molar-refractivity contribution in [1.29, 1.82) is 0 Å². The second kappa shape index (κ2) is 4.05. The van der Waals surface area contributed by atoms with Crippen LogP contribution < -0.4 is 4.74 Å². The summed E-state index contributed by atoms with van der Waals surface area (Å²) < 4.78 is 6.31. The van der Waals surface area contributed by atoms with Gasteiger partial charge in [0, 0.05) is 6.20 Å². The second-order valence-electron chi connectivity index (χ2n) is 3.26. The number of hydrogen-bond donors (Lipinski definition) is 0. The standard InChI is InChI=1S/C9H11BrN2O/c10-8-5-11-6-12-9(8)13-4-3-7-1-2-7/h5-7H,1-4H2. The van der Waals surface area contributed by atoms with Crippen LogP contribution in [0.4, 0.5) is 0 Å². The van der Waals surface area contributed by atoms with Gasteiger partial charge in [-0.05, 0) is 28.3 Å². The summed E-state index contributed by atoms with van der Waals surface area (Å²) in [6.45, 7) is 0.764. The third kappa shape index (κ3) is 2.66. The highest BCUT2D eigenvalue weighted by Crippen LogP contribution is 2.32. The van der Waals surface area contributed by atoms with Crippen LogP contribution >= 0.6 is 15.9 Å². The van der Waals surface area contributed by atoms with E-state index in [1.165, 1.54) is 19.2 Å². The molecule has 1 aliphatic carbocycles. The van der Waals surface area contributed by atoms with E-state index in [0.717, 1.165) is 23.4 Å². The second-order valence-corrected chi connectivity index (χ2v) is 4.11. The Hall–Kier alpha value is -0.640. The Kier molecular flexibility index (Phi) is 2.78. The molecular formula is C9H11BrN2O. The Morgan fingerprint density at radius 3 is 3.08 bits per heavy atom. The van der Waals surface area contributed by atoms with Crippen molar-refractivity contribution in [3.05, 3.63) is 17.0 Å². The van der Waals surface area contributed by atoms with Gasteiger partial charge in [0.1, 0.15) is 6.33 Å². The van der Waals surface area contributed by atoms with Gasteiger partial charge in [0.15, 0.2) is 0 Å². The van der Waals surface area contributed by atoms with Gasteiger partial charge in [0.2, 0.25) is 5.88 Å². The van der Waals surface area contributed by atoms with Crippen LogP contribution in [0.5, 0.6) is 5.88 Å². The Bertz CT molecular complexity index is 289. The Morgan fingerprint density at radius 1 is 1.54 bits per heavy atom. The Balaban J connectivity index is 1.82. The van der Waals surface area contributed by atoms with Crippen molar-refractivity contribution < 1.29 is 4.74 Å². The highest BCUT2D eigenvalue weighted by atomic mass is 79.9. The van der Waals surface area contributed by atoms with Crippen LogP contribution in [-0.4, -0.2) is 16.6 Å². The summed E-state index contributed by atoms with van der Waals surface area (Å²) >= 11 is 3.33. The molecule has 0 atom stereocenters. The molecule has 0 aromatic carbocycles. The molecule has 0 spiro atoms. The predicted molar refractivity (Wildman–Crippen MR) is 52.6 cm³/mol. The Morgan fingerprint density at radius 2 is 2.38 bits per heavy atom. The van der Waals surface area contributed by atoms with Crippen molar-refractivity contribution in [2.75, 3.05) is 6.61 Å². The molecule has 0 aliphatic heterocycles. The lowest BCUT2D eigenvalue weighted by atomic mass is 10.3. The molecule has 13 heavy (non-hydrogen) atoms. The van der Waals surface area contributed by atoms with E-state index in [-0.39, 0.29) is 0 Å². The van der Waals surface area contributed by atoms with Gasteiger partial charge in [-0.3, -0.25) is 0 Å². The zero-order valence-corrected chi connectivity index (χ0v) is 8.83. The first-order valence-electron chi connectivity index (χ1n) is 4.44. The van der Waals surface area contributed by atoms with Gasteiger partial charge in [-0.2, -0.15) is 0 Å². The van der Waals surface area contributed by atoms with Crippen LogP contribution in [0, 0.1) is 5.92 Å². The van der Waals surface area contributed by atoms with Gasteiger partial charge in [-0.15, -0.1) is 0 Å². The molecule has 4 heteroatoms. The summed E-state index contributed by atoms with van der Waals surface area (Å²) in [7, 11) is 0. The normalized spacial score (nSPS) is 15.8. The highest BCUT2D eigenvalue weighted by molar-refractivity contribution is 9.10. The third-order valence-corrected chi connectivity index (χ3v) is 2.64. The first-order chi connectivity index (χ1) is 6.36. The van der Waals surface area contributed by atoms with Crippen LogP contribution in [0.25, 0.3) is 0 Å². The molecule has 1 saturated carbocycles. The lowest BCUT2D eigenvalue weighted by Gasteiger charge is -2.04. The van der Waals surface area contributed by atoms with Crippen molar-refractivity contribution in [2.45, 2.75) is 19.3 Å². The third-order valence-electron chi connectivity index (χ3n) is 2.10. The smallest absolute Gasteiger partial charge is 0.231 e. The van der Waals surface area contributed by atoms with Crippen LogP contribution in [0.1, 0.15) is 19.3 Å². The van der Waals surface area contributed by atoms with Crippen LogP contribution in [0.15, 0.2) is 17.0 Å². The number of halogens is 1. The maximum Gasteiger partial charge on any atom is 0.231 e. The van der Waals surface area contributed by atoms with Crippen LogP contribution in [0.3, 0.4) is 0 Å². The number of ether oxygens (including phenoxy) is 1. The van der Waals surface area contributed by atoms with E-state index in [1.54, 1.807) is 6.20 Å². The molecule has 0 unspecified atom stereocenters. The summed E-state index contributed by atoms with van der Waals surface area (Å²) in [4.78, 5) is 7.88. The highest BCUT2D eigenvalue weighted by Gasteiger charge is 2.20. The average Bonchev–Trinajstić information content (AvgIpc) is 2.92. The van der Waals surface area contributed by atoms with Crippen molar-refractivity contribution in [1.82, 2.24) is 9.97 Å². The first kappa shape index (κ1) is 8.94. The lowest BCUT2D eigenvalue weighted by molar-refractivity contribution is 0.289. The molecule has 0 N–H and O–H groups in total. The lowest BCUT2D eigenvalue weighted by Crippen LogP contribution is -2.00. The fraction of sp³-hybridized carbons (Fsp3) is 0.556. The summed E-state index contributed by atoms with van der Waals surface area (Å²) in [6, 6.07) is 0. The minimum atomic E-state index is 0.649. The number of aromatic nitrogens is 2. The summed E-state index contributed by atoms with van der Waals surface area (Å²) in [5, 5.41) is 0. The van der Waals surface area contributed by atoms with Gasteiger partial charge in [-0.1, -0.05) is 12.8 Å². The van der Waals surface area contributed by atoms with Crippen LogP contribution in [0.2, 0.25) is 0 Å². The molecular weight excluding hydrogens is 232 g/mol. The maximum absolute atomic E-state index is 5.49. The number of rotatable bonds is 4. The summed E-state index contributed by atoms with van der Waals surface area (Å²) in [6.07, 6.45) is 7.08. The van der Waals surface area contributed by atoms with E-state index < -0.39 is 0 Å². The van der Waals surface area contributed by atoms with E-state index in [0.29, 0.717) is 5.88 Å². The van der Waals surface area contributed by atoms with E-state index >= 15 is 0 Å². The predicted octanol–water partition coefficient (Wildman–Crippen LogP) is 2.42. The van der Waals surface area contributed by atoms with Gasteiger partial charge in [0.25, 0.3) is 0 Å². The van der Waals surface area contributed by atoms with Crippen molar-refractivity contribution in [3.63, 3.8) is 0 Å². The molecule has 0 saturated heterocycles. The summed E-state index contributed by atoms with van der Waals surface area (Å²) in [5.41, 5.74) is 0. The van der Waals surface area contributed by atoms with Gasteiger partial charge < -0.3 is 4.74 Å². The van der Waals surface area contributed by atoms with Gasteiger partial charge >= 0.3 is 0 Å². The van der Waals surface area contributed by atoms with E-state index in [9.17, 15) is 0 Å². The first-order valence-corrected chi connectivity index (χ1v) is 5.24. The van der Waals surface area contributed by atoms with E-state index in [1.807, 2.05) is 0 Å². The fourth-order valence-electron chi connectivity index (χ4n) is 1.14. The quantitative estimate of drug-likeness (QED) is 0.814. The number of nitrogens with zero attached hydrogens (tertiary/aromatic N) is 2. The molecule has 0 radical (unpaired) electrons. The maximum atomic E-state index is 5.49. The molecule has 70 valence electrons. The topological polar surface area (TPSA) is 35.0 Å². The average molecular weight is 243 g/mol. The minimum Gasteiger partial charge on any atom is -0.477 e. The van der Waals surface area contributed by atoms with Crippen molar-refractivity contribution in [3.8, 4) is 5.88 Å². The molecule has 1 fully saturated rings. The largest absolute Gasteiger partial charge is 0.477 e. The molecule has 0 bridgehead atoms. The fourth-order valence-corrected chi connectivity index (χ4v) is 1.47. The van der Waals surface area contributed by atoms with E-state index in [4.69, 9.17) is 4.74 Å². The van der Waals surface area contributed by atoms with Crippen molar-refractivity contribution >= 4 is 15.9 Å². The zero-order chi connectivity index (χ0) is 9.10. The monoisotopic (exact) mass is 242 g/mol. The Labute approximate surface area is 85.7 Å². The SMILES string of the molecule is Brc1cncnc1OCCC1CC1. The molecule has 1 aliphatic rings. The van der Waals surface area contributed by atoms with Crippen LogP contribution in [-0.2, 0) is 0 Å². The minimum absolute atomic E-state index is 0.649. The molecule has 3 nitrogen and oxygen atoms in total. The molecule has 0 amide bonds. The van der Waals surface area contributed by atoms with Crippen molar-refractivity contribution in [2.24, 2.45) is 5.92 Å². The zero-order valence-electron chi connectivity index (χ0n) is 7.24. The molecule has 1 aromatic heterocycles. The molecule has 2 rings (SSSR count). The van der Waals surface area contributed by atoms with E-state index in [2.05, 4.69) is 25.9 Å². The molecule has 1 heterocycles. The van der Waals surface area contributed by atoms with Gasteiger partial charge in [0.05, 0.1) is 11.1 Å². The summed E-state index contributed by atoms with van der Waals surface area (Å²) in [5.74, 6) is 1.55. The molecule has 1 aromatic rings. The number of hydrogen-bond acceptors (Lipinski definition) is 3.